The lowest BCUT2D eigenvalue weighted by molar-refractivity contribution is 0.102. The van der Waals surface area contributed by atoms with E-state index in [1.807, 2.05) is 18.2 Å². The standard InChI is InChI=1S/C13H11FN4OS/c1-7-11(20-13-17-16-8(2)18(7)13)12(19)15-10-5-3-9(14)4-6-10/h3-6H,1-2H3,(H,15,19). The molecule has 1 amide bonds. The van der Waals surface area contributed by atoms with E-state index in [1.165, 1.54) is 35.6 Å². The third kappa shape index (κ3) is 2.05. The summed E-state index contributed by atoms with van der Waals surface area (Å²) in [7, 11) is 0. The Morgan fingerprint density at radius 3 is 2.60 bits per heavy atom. The summed E-state index contributed by atoms with van der Waals surface area (Å²) in [5.74, 6) is 0.175. The van der Waals surface area contributed by atoms with Crippen LogP contribution in [0.25, 0.3) is 4.96 Å². The maximum Gasteiger partial charge on any atom is 0.267 e. The number of nitrogens with one attached hydrogen (secondary N) is 1. The minimum Gasteiger partial charge on any atom is -0.321 e. The minimum absolute atomic E-state index is 0.232. The summed E-state index contributed by atoms with van der Waals surface area (Å²) in [6, 6.07) is 5.65. The van der Waals surface area contributed by atoms with Crippen molar-refractivity contribution < 1.29 is 9.18 Å². The zero-order valence-corrected chi connectivity index (χ0v) is 11.7. The summed E-state index contributed by atoms with van der Waals surface area (Å²) < 4.78 is 14.7. The van der Waals surface area contributed by atoms with Crippen LogP contribution < -0.4 is 5.32 Å². The summed E-state index contributed by atoms with van der Waals surface area (Å²) in [6.07, 6.45) is 0. The first kappa shape index (κ1) is 12.7. The van der Waals surface area contributed by atoms with Gasteiger partial charge >= 0.3 is 0 Å². The van der Waals surface area contributed by atoms with E-state index in [4.69, 9.17) is 0 Å². The molecule has 1 aromatic carbocycles. The lowest BCUT2D eigenvalue weighted by Gasteiger charge is -2.04. The first-order valence-electron chi connectivity index (χ1n) is 5.94. The molecule has 0 saturated heterocycles. The van der Waals surface area contributed by atoms with Crippen molar-refractivity contribution >= 4 is 27.9 Å². The average molecular weight is 290 g/mol. The number of hydrogen-bond acceptors (Lipinski definition) is 4. The number of aromatic nitrogens is 3. The Labute approximate surface area is 118 Å². The molecular weight excluding hydrogens is 279 g/mol. The number of thiazole rings is 1. The summed E-state index contributed by atoms with van der Waals surface area (Å²) in [5, 5.41) is 10.7. The Morgan fingerprint density at radius 1 is 1.25 bits per heavy atom. The Balaban J connectivity index is 1.92. The van der Waals surface area contributed by atoms with Gasteiger partial charge in [0.25, 0.3) is 5.91 Å². The Morgan fingerprint density at radius 2 is 1.95 bits per heavy atom. The van der Waals surface area contributed by atoms with Crippen LogP contribution in [0.2, 0.25) is 0 Å². The van der Waals surface area contributed by atoms with E-state index in [-0.39, 0.29) is 11.7 Å². The molecule has 0 radical (unpaired) electrons. The molecule has 0 atom stereocenters. The Hall–Kier alpha value is -2.28. The maximum atomic E-state index is 12.8. The fourth-order valence-electron chi connectivity index (χ4n) is 1.99. The van der Waals surface area contributed by atoms with Crippen LogP contribution in [0.1, 0.15) is 21.2 Å². The smallest absolute Gasteiger partial charge is 0.267 e. The molecule has 3 aromatic rings. The predicted molar refractivity (Wildman–Crippen MR) is 74.7 cm³/mol. The van der Waals surface area contributed by atoms with Gasteiger partial charge in [0, 0.05) is 11.4 Å². The van der Waals surface area contributed by atoms with Gasteiger partial charge in [-0.15, -0.1) is 10.2 Å². The fraction of sp³-hybridized carbons (Fsp3) is 0.154. The number of halogens is 1. The van der Waals surface area contributed by atoms with Gasteiger partial charge in [0.15, 0.2) is 0 Å². The van der Waals surface area contributed by atoms with E-state index in [0.29, 0.717) is 15.5 Å². The monoisotopic (exact) mass is 290 g/mol. The molecule has 3 rings (SSSR count). The number of carbonyl (C=O) groups excluding carboxylic acids is 1. The number of hydrogen-bond donors (Lipinski definition) is 1. The molecule has 0 aliphatic carbocycles. The van der Waals surface area contributed by atoms with Gasteiger partial charge in [-0.1, -0.05) is 11.3 Å². The van der Waals surface area contributed by atoms with Crippen molar-refractivity contribution in [1.29, 1.82) is 0 Å². The van der Waals surface area contributed by atoms with Crippen LogP contribution in [0.3, 0.4) is 0 Å². The summed E-state index contributed by atoms with van der Waals surface area (Å²) >= 11 is 1.28. The number of nitrogens with zero attached hydrogens (tertiary/aromatic N) is 3. The van der Waals surface area contributed by atoms with Crippen molar-refractivity contribution in [2.75, 3.05) is 5.32 Å². The first-order chi connectivity index (χ1) is 9.56. The largest absolute Gasteiger partial charge is 0.321 e. The van der Waals surface area contributed by atoms with Crippen LogP contribution in [0, 0.1) is 19.7 Å². The molecule has 1 N–H and O–H groups in total. The molecule has 0 fully saturated rings. The molecule has 0 saturated carbocycles. The predicted octanol–water partition coefficient (Wildman–Crippen LogP) is 2.80. The van der Waals surface area contributed by atoms with Crippen molar-refractivity contribution in [3.63, 3.8) is 0 Å². The molecule has 0 bridgehead atoms. The van der Waals surface area contributed by atoms with Crippen molar-refractivity contribution in [3.05, 3.63) is 46.5 Å². The molecular formula is C13H11FN4OS. The van der Waals surface area contributed by atoms with Crippen LogP contribution in [0.15, 0.2) is 24.3 Å². The van der Waals surface area contributed by atoms with E-state index in [2.05, 4.69) is 15.5 Å². The quantitative estimate of drug-likeness (QED) is 0.789. The second kappa shape index (κ2) is 4.68. The number of carbonyl (C=O) groups is 1. The highest BCUT2D eigenvalue weighted by Gasteiger charge is 2.18. The number of aryl methyl sites for hydroxylation is 2. The second-order valence-electron chi connectivity index (χ2n) is 4.34. The number of anilines is 1. The number of amides is 1. The lowest BCUT2D eigenvalue weighted by Crippen LogP contribution is -2.12. The van der Waals surface area contributed by atoms with Crippen LogP contribution in [-0.4, -0.2) is 20.5 Å². The molecule has 20 heavy (non-hydrogen) atoms. The highest BCUT2D eigenvalue weighted by atomic mass is 32.1. The van der Waals surface area contributed by atoms with Gasteiger partial charge in [-0.2, -0.15) is 0 Å². The lowest BCUT2D eigenvalue weighted by atomic mass is 10.3. The minimum atomic E-state index is -0.338. The first-order valence-corrected chi connectivity index (χ1v) is 6.76. The van der Waals surface area contributed by atoms with Gasteiger partial charge in [0.05, 0.1) is 0 Å². The van der Waals surface area contributed by atoms with Gasteiger partial charge in [-0.05, 0) is 38.1 Å². The second-order valence-corrected chi connectivity index (χ2v) is 5.32. The van der Waals surface area contributed by atoms with Crippen LogP contribution in [0.4, 0.5) is 10.1 Å². The average Bonchev–Trinajstić information content (AvgIpc) is 2.94. The SMILES string of the molecule is Cc1nnc2sc(C(=O)Nc3ccc(F)cc3)c(C)n12. The fourth-order valence-corrected chi connectivity index (χ4v) is 3.00. The molecule has 2 heterocycles. The summed E-state index contributed by atoms with van der Waals surface area (Å²) in [5.41, 5.74) is 1.35. The van der Waals surface area contributed by atoms with Gasteiger partial charge in [0.1, 0.15) is 16.5 Å². The van der Waals surface area contributed by atoms with Crippen LogP contribution in [0.5, 0.6) is 0 Å². The molecule has 0 aliphatic rings. The third-order valence-electron chi connectivity index (χ3n) is 2.96. The maximum absolute atomic E-state index is 12.8. The molecule has 7 heteroatoms. The Kier molecular flexibility index (Phi) is 2.98. The molecule has 0 aliphatic heterocycles. The van der Waals surface area contributed by atoms with E-state index in [1.54, 1.807) is 0 Å². The third-order valence-corrected chi connectivity index (χ3v) is 4.09. The van der Waals surface area contributed by atoms with Crippen molar-refractivity contribution in [2.24, 2.45) is 0 Å². The van der Waals surface area contributed by atoms with E-state index in [9.17, 15) is 9.18 Å². The van der Waals surface area contributed by atoms with E-state index >= 15 is 0 Å². The zero-order chi connectivity index (χ0) is 14.3. The van der Waals surface area contributed by atoms with Gasteiger partial charge in [-0.25, -0.2) is 4.39 Å². The van der Waals surface area contributed by atoms with Gasteiger partial charge < -0.3 is 5.32 Å². The number of benzene rings is 1. The highest BCUT2D eigenvalue weighted by Crippen LogP contribution is 2.23. The van der Waals surface area contributed by atoms with Crippen molar-refractivity contribution in [1.82, 2.24) is 14.6 Å². The van der Waals surface area contributed by atoms with Crippen molar-refractivity contribution in [2.45, 2.75) is 13.8 Å². The van der Waals surface area contributed by atoms with Gasteiger partial charge in [0.2, 0.25) is 4.96 Å². The van der Waals surface area contributed by atoms with E-state index < -0.39 is 0 Å². The normalized spacial score (nSPS) is 10.9. The van der Waals surface area contributed by atoms with Crippen LogP contribution in [-0.2, 0) is 0 Å². The van der Waals surface area contributed by atoms with Crippen molar-refractivity contribution in [3.8, 4) is 0 Å². The number of fused-ring (bicyclic) bond motifs is 1. The highest BCUT2D eigenvalue weighted by molar-refractivity contribution is 7.19. The molecule has 0 unspecified atom stereocenters. The topological polar surface area (TPSA) is 59.3 Å². The van der Waals surface area contributed by atoms with Gasteiger partial charge in [-0.3, -0.25) is 9.20 Å². The summed E-state index contributed by atoms with van der Waals surface area (Å²) in [6.45, 7) is 3.68. The molecule has 2 aromatic heterocycles. The molecule has 102 valence electrons. The van der Waals surface area contributed by atoms with E-state index in [0.717, 1.165) is 11.5 Å². The molecule has 5 nitrogen and oxygen atoms in total. The zero-order valence-electron chi connectivity index (χ0n) is 10.8. The Bertz CT molecular complexity index is 791. The van der Waals surface area contributed by atoms with Crippen LogP contribution >= 0.6 is 11.3 Å². The summed E-state index contributed by atoms with van der Waals surface area (Å²) in [4.78, 5) is 13.5. The number of rotatable bonds is 2. The molecule has 0 spiro atoms.